The van der Waals surface area contributed by atoms with Gasteiger partial charge in [0.05, 0.1) is 10.3 Å². The number of nitrogens with one attached hydrogen (secondary N) is 1. The fraction of sp³-hybridized carbons (Fsp3) is 0.409. The lowest BCUT2D eigenvalue weighted by atomic mass is 9.80. The Balaban J connectivity index is 1.86. The molecule has 0 spiro atoms. The van der Waals surface area contributed by atoms with Gasteiger partial charge in [-0.1, -0.05) is 41.5 Å². The summed E-state index contributed by atoms with van der Waals surface area (Å²) in [4.78, 5) is 29.1. The van der Waals surface area contributed by atoms with E-state index < -0.39 is 10.3 Å². The summed E-state index contributed by atoms with van der Waals surface area (Å²) in [6.45, 7) is 3.41. The Morgan fingerprint density at radius 3 is 2.61 bits per heavy atom. The third-order valence-electron chi connectivity index (χ3n) is 5.72. The first-order valence-corrected chi connectivity index (χ1v) is 10.3. The molecule has 9 heteroatoms. The SMILES string of the molecule is CC(CN=[N+]=[N-])(C(=O)N1CCCC1)c1ccc(NCCc2ccccc2)c([N+](=O)[O-])c1. The predicted octanol–water partition coefficient (Wildman–Crippen LogP) is 4.44. The molecule has 0 bridgehead atoms. The molecule has 1 heterocycles. The second-order valence-electron chi connectivity index (χ2n) is 7.87. The molecule has 1 N–H and O–H groups in total. The fourth-order valence-corrected chi connectivity index (χ4v) is 3.89. The van der Waals surface area contributed by atoms with Crippen molar-refractivity contribution in [3.63, 3.8) is 0 Å². The Kier molecular flexibility index (Phi) is 7.10. The number of nitro benzene ring substituents is 1. The van der Waals surface area contributed by atoms with Crippen LogP contribution in [-0.2, 0) is 16.6 Å². The monoisotopic (exact) mass is 422 g/mol. The Hall–Kier alpha value is -3.58. The topological polar surface area (TPSA) is 124 Å². The van der Waals surface area contributed by atoms with E-state index in [1.165, 1.54) is 6.07 Å². The normalized spacial score (nSPS) is 15.1. The summed E-state index contributed by atoms with van der Waals surface area (Å²) in [5, 5.41) is 18.5. The summed E-state index contributed by atoms with van der Waals surface area (Å²) < 4.78 is 0. The lowest BCUT2D eigenvalue weighted by molar-refractivity contribution is -0.384. The van der Waals surface area contributed by atoms with E-state index in [1.807, 2.05) is 30.3 Å². The van der Waals surface area contributed by atoms with Crippen molar-refractivity contribution in [2.75, 3.05) is 31.5 Å². The quantitative estimate of drug-likeness (QED) is 0.211. The molecule has 0 saturated carbocycles. The third-order valence-corrected chi connectivity index (χ3v) is 5.72. The van der Waals surface area contributed by atoms with E-state index in [1.54, 1.807) is 24.0 Å². The summed E-state index contributed by atoms with van der Waals surface area (Å²) in [7, 11) is 0. The molecule has 1 atom stereocenters. The number of likely N-dealkylation sites (tertiary alicyclic amines) is 1. The molecule has 9 nitrogen and oxygen atoms in total. The van der Waals surface area contributed by atoms with Gasteiger partial charge in [0.15, 0.2) is 0 Å². The summed E-state index contributed by atoms with van der Waals surface area (Å²) in [5.41, 5.74) is 9.54. The van der Waals surface area contributed by atoms with Crippen LogP contribution in [-0.4, -0.2) is 41.9 Å². The summed E-state index contributed by atoms with van der Waals surface area (Å²) >= 11 is 0. The largest absolute Gasteiger partial charge is 0.379 e. The molecule has 2 aromatic carbocycles. The van der Waals surface area contributed by atoms with Crippen molar-refractivity contribution in [1.29, 1.82) is 0 Å². The molecule has 0 radical (unpaired) electrons. The minimum absolute atomic E-state index is 0.100. The van der Waals surface area contributed by atoms with Crippen LogP contribution in [0.4, 0.5) is 11.4 Å². The zero-order valence-corrected chi connectivity index (χ0v) is 17.5. The van der Waals surface area contributed by atoms with E-state index in [0.29, 0.717) is 30.9 Å². The molecular formula is C22H26N6O3. The second kappa shape index (κ2) is 9.95. The number of nitrogens with zero attached hydrogens (tertiary/aromatic N) is 5. The van der Waals surface area contributed by atoms with Crippen molar-refractivity contribution in [2.45, 2.75) is 31.6 Å². The number of amides is 1. The van der Waals surface area contributed by atoms with Crippen LogP contribution in [0.2, 0.25) is 0 Å². The molecule has 1 amide bonds. The van der Waals surface area contributed by atoms with Gasteiger partial charge in [0.1, 0.15) is 5.69 Å². The smallest absolute Gasteiger partial charge is 0.292 e. The van der Waals surface area contributed by atoms with Gasteiger partial charge in [0.2, 0.25) is 5.91 Å². The zero-order chi connectivity index (χ0) is 22.3. The molecule has 2 aromatic rings. The predicted molar refractivity (Wildman–Crippen MR) is 119 cm³/mol. The molecule has 0 aliphatic carbocycles. The molecule has 31 heavy (non-hydrogen) atoms. The second-order valence-corrected chi connectivity index (χ2v) is 7.87. The van der Waals surface area contributed by atoms with Gasteiger partial charge in [-0.15, -0.1) is 0 Å². The fourth-order valence-electron chi connectivity index (χ4n) is 3.89. The van der Waals surface area contributed by atoms with Gasteiger partial charge in [0, 0.05) is 37.2 Å². The lowest BCUT2D eigenvalue weighted by Crippen LogP contribution is -2.46. The summed E-state index contributed by atoms with van der Waals surface area (Å²) in [5.74, 6) is -0.170. The van der Waals surface area contributed by atoms with Crippen molar-refractivity contribution < 1.29 is 9.72 Å². The first kappa shape index (κ1) is 22.1. The highest BCUT2D eigenvalue weighted by molar-refractivity contribution is 5.89. The van der Waals surface area contributed by atoms with Crippen molar-refractivity contribution in [3.8, 4) is 0 Å². The van der Waals surface area contributed by atoms with Crippen molar-refractivity contribution in [3.05, 3.63) is 80.2 Å². The van der Waals surface area contributed by atoms with Crippen LogP contribution < -0.4 is 5.32 Å². The van der Waals surface area contributed by atoms with Gasteiger partial charge in [-0.3, -0.25) is 14.9 Å². The van der Waals surface area contributed by atoms with Gasteiger partial charge in [0.25, 0.3) is 5.69 Å². The van der Waals surface area contributed by atoms with Crippen molar-refractivity contribution >= 4 is 17.3 Å². The van der Waals surface area contributed by atoms with E-state index in [2.05, 4.69) is 15.3 Å². The maximum Gasteiger partial charge on any atom is 0.292 e. The van der Waals surface area contributed by atoms with Gasteiger partial charge in [-0.25, -0.2) is 0 Å². The highest BCUT2D eigenvalue weighted by atomic mass is 16.6. The zero-order valence-electron chi connectivity index (χ0n) is 17.5. The molecule has 1 aliphatic heterocycles. The highest BCUT2D eigenvalue weighted by Crippen LogP contribution is 2.34. The van der Waals surface area contributed by atoms with E-state index >= 15 is 0 Å². The minimum Gasteiger partial charge on any atom is -0.379 e. The standard InChI is InChI=1S/C22H26N6O3/c1-22(16-25-26-23,21(29)27-13-5-6-14-27)18-9-10-19(20(15-18)28(30)31)24-12-11-17-7-3-2-4-8-17/h2-4,7-10,15,24H,5-6,11-14,16H2,1H3. The van der Waals surface area contributed by atoms with Gasteiger partial charge in [-0.05, 0) is 48.9 Å². The molecule has 1 saturated heterocycles. The Morgan fingerprint density at radius 1 is 1.26 bits per heavy atom. The first-order chi connectivity index (χ1) is 15.0. The van der Waals surface area contributed by atoms with Crippen LogP contribution in [0.3, 0.4) is 0 Å². The molecule has 1 aliphatic rings. The average Bonchev–Trinajstić information content (AvgIpc) is 3.32. The molecule has 1 unspecified atom stereocenters. The maximum atomic E-state index is 13.2. The summed E-state index contributed by atoms with van der Waals surface area (Å²) in [6.07, 6.45) is 2.57. The van der Waals surface area contributed by atoms with Gasteiger partial charge < -0.3 is 10.2 Å². The number of nitro groups is 1. The first-order valence-electron chi connectivity index (χ1n) is 10.3. The third kappa shape index (κ3) is 5.13. The number of hydrogen-bond acceptors (Lipinski definition) is 5. The molecular weight excluding hydrogens is 396 g/mol. The maximum absolute atomic E-state index is 13.2. The number of azide groups is 1. The average molecular weight is 422 g/mol. The Bertz CT molecular complexity index is 984. The molecule has 162 valence electrons. The molecule has 1 fully saturated rings. The number of anilines is 1. The van der Waals surface area contributed by atoms with Crippen LogP contribution in [0.15, 0.2) is 53.6 Å². The summed E-state index contributed by atoms with van der Waals surface area (Å²) in [6, 6.07) is 14.6. The minimum atomic E-state index is -1.16. The highest BCUT2D eigenvalue weighted by Gasteiger charge is 2.39. The van der Waals surface area contributed by atoms with Gasteiger partial charge in [-0.2, -0.15) is 0 Å². The Morgan fingerprint density at radius 2 is 1.97 bits per heavy atom. The van der Waals surface area contributed by atoms with Crippen LogP contribution in [0.1, 0.15) is 30.9 Å². The van der Waals surface area contributed by atoms with E-state index in [0.717, 1.165) is 24.8 Å². The number of carbonyl (C=O) groups is 1. The van der Waals surface area contributed by atoms with Crippen molar-refractivity contribution in [2.24, 2.45) is 5.11 Å². The Labute approximate surface area is 180 Å². The molecule has 3 rings (SSSR count). The van der Waals surface area contributed by atoms with E-state index in [-0.39, 0.29) is 18.1 Å². The van der Waals surface area contributed by atoms with E-state index in [9.17, 15) is 14.9 Å². The van der Waals surface area contributed by atoms with Crippen LogP contribution >= 0.6 is 0 Å². The van der Waals surface area contributed by atoms with Crippen LogP contribution in [0.25, 0.3) is 10.4 Å². The van der Waals surface area contributed by atoms with Crippen LogP contribution in [0.5, 0.6) is 0 Å². The number of benzene rings is 2. The number of hydrogen-bond donors (Lipinski definition) is 1. The molecule has 0 aromatic heterocycles. The number of rotatable bonds is 9. The lowest BCUT2D eigenvalue weighted by Gasteiger charge is -2.32. The van der Waals surface area contributed by atoms with Crippen molar-refractivity contribution in [1.82, 2.24) is 4.90 Å². The number of carbonyl (C=O) groups excluding carboxylic acids is 1. The van der Waals surface area contributed by atoms with Crippen LogP contribution in [0, 0.1) is 10.1 Å². The van der Waals surface area contributed by atoms with Gasteiger partial charge >= 0.3 is 0 Å². The van der Waals surface area contributed by atoms with E-state index in [4.69, 9.17) is 5.53 Å².